The number of nitrogens with zero attached hydrogens (tertiary/aromatic N) is 3. The van der Waals surface area contributed by atoms with Crippen molar-refractivity contribution in [3.05, 3.63) is 48.3 Å². The van der Waals surface area contributed by atoms with E-state index in [-0.39, 0.29) is 6.04 Å². The summed E-state index contributed by atoms with van der Waals surface area (Å²) in [5.74, 6) is -0.915. The summed E-state index contributed by atoms with van der Waals surface area (Å²) < 4.78 is 0. The van der Waals surface area contributed by atoms with Crippen molar-refractivity contribution in [2.75, 3.05) is 6.54 Å². The van der Waals surface area contributed by atoms with Gasteiger partial charge >= 0.3 is 5.97 Å². The van der Waals surface area contributed by atoms with Crippen molar-refractivity contribution in [3.63, 3.8) is 0 Å². The van der Waals surface area contributed by atoms with E-state index >= 15 is 0 Å². The monoisotopic (exact) mass is 300 g/mol. The van der Waals surface area contributed by atoms with Crippen molar-refractivity contribution >= 4 is 11.7 Å². The highest BCUT2D eigenvalue weighted by molar-refractivity contribution is 6.04. The van der Waals surface area contributed by atoms with E-state index in [1.165, 1.54) is 6.33 Å². The Morgan fingerprint density at radius 1 is 1.50 bits per heavy atom. The minimum atomic E-state index is -0.915. The van der Waals surface area contributed by atoms with E-state index in [4.69, 9.17) is 0 Å². The molecule has 0 fully saturated rings. The number of rotatable bonds is 6. The Balaban J connectivity index is 1.72. The number of hydrogen-bond acceptors (Lipinski definition) is 6. The molecule has 8 nitrogen and oxygen atoms in total. The maximum Gasteiger partial charge on any atom is 0.321 e. The third-order valence-corrected chi connectivity index (χ3v) is 3.43. The van der Waals surface area contributed by atoms with Gasteiger partial charge in [0.25, 0.3) is 0 Å². The molecule has 3 heterocycles. The van der Waals surface area contributed by atoms with Crippen molar-refractivity contribution < 1.29 is 9.90 Å². The number of aromatic amines is 1. The molecule has 22 heavy (non-hydrogen) atoms. The van der Waals surface area contributed by atoms with Crippen LogP contribution in [0.4, 0.5) is 0 Å². The zero-order chi connectivity index (χ0) is 15.4. The largest absolute Gasteiger partial charge is 0.480 e. The van der Waals surface area contributed by atoms with E-state index in [2.05, 4.69) is 30.8 Å². The topological polar surface area (TPSA) is 115 Å². The van der Waals surface area contributed by atoms with E-state index in [1.807, 2.05) is 18.2 Å². The van der Waals surface area contributed by atoms with Crippen molar-refractivity contribution in [2.24, 2.45) is 5.10 Å². The van der Waals surface area contributed by atoms with Crippen LogP contribution in [-0.4, -0.2) is 50.4 Å². The number of hydrogen-bond donors (Lipinski definition) is 4. The van der Waals surface area contributed by atoms with Gasteiger partial charge in [0, 0.05) is 24.5 Å². The third kappa shape index (κ3) is 3.12. The first-order chi connectivity index (χ1) is 10.7. The summed E-state index contributed by atoms with van der Waals surface area (Å²) in [6, 6.07) is 4.61. The van der Waals surface area contributed by atoms with E-state index in [9.17, 15) is 9.90 Å². The SMILES string of the molecule is O=C(O)C(Cc1cnc[nH]1)NC1CNN=C1c1ccccn1. The summed E-state index contributed by atoms with van der Waals surface area (Å²) in [6.07, 6.45) is 5.16. The molecule has 0 bridgehead atoms. The van der Waals surface area contributed by atoms with Crippen LogP contribution in [0, 0.1) is 0 Å². The van der Waals surface area contributed by atoms with Crippen molar-refractivity contribution in [1.82, 2.24) is 25.7 Å². The third-order valence-electron chi connectivity index (χ3n) is 3.43. The number of aliphatic carboxylic acids is 1. The molecule has 2 atom stereocenters. The first-order valence-corrected chi connectivity index (χ1v) is 6.92. The van der Waals surface area contributed by atoms with Crippen LogP contribution in [0.25, 0.3) is 0 Å². The highest BCUT2D eigenvalue weighted by Gasteiger charge is 2.29. The summed E-state index contributed by atoms with van der Waals surface area (Å²) in [5.41, 5.74) is 5.11. The lowest BCUT2D eigenvalue weighted by Crippen LogP contribution is -2.49. The Morgan fingerprint density at radius 2 is 2.41 bits per heavy atom. The number of imidazole rings is 1. The Kier molecular flexibility index (Phi) is 4.10. The molecule has 4 N–H and O–H groups in total. The number of aromatic nitrogens is 3. The molecule has 0 spiro atoms. The Labute approximate surface area is 126 Å². The van der Waals surface area contributed by atoms with Gasteiger partial charge in [0.2, 0.25) is 0 Å². The molecule has 8 heteroatoms. The lowest BCUT2D eigenvalue weighted by atomic mass is 10.1. The Morgan fingerprint density at radius 3 is 3.09 bits per heavy atom. The number of nitrogens with one attached hydrogen (secondary N) is 3. The molecule has 114 valence electrons. The second-order valence-electron chi connectivity index (χ2n) is 4.97. The summed E-state index contributed by atoms with van der Waals surface area (Å²) in [7, 11) is 0. The minimum Gasteiger partial charge on any atom is -0.480 e. The first kappa shape index (κ1) is 14.2. The second-order valence-corrected chi connectivity index (χ2v) is 4.97. The molecule has 1 aliphatic rings. The van der Waals surface area contributed by atoms with Crippen LogP contribution in [0.2, 0.25) is 0 Å². The van der Waals surface area contributed by atoms with Crippen LogP contribution in [0.5, 0.6) is 0 Å². The van der Waals surface area contributed by atoms with Crippen molar-refractivity contribution in [1.29, 1.82) is 0 Å². The number of carboxylic acid groups (broad SMARTS) is 1. The average Bonchev–Trinajstić information content (AvgIpc) is 3.19. The van der Waals surface area contributed by atoms with Crippen molar-refractivity contribution in [3.8, 4) is 0 Å². The van der Waals surface area contributed by atoms with Gasteiger partial charge in [-0.05, 0) is 12.1 Å². The number of hydrazone groups is 1. The molecule has 0 amide bonds. The maximum atomic E-state index is 11.5. The van der Waals surface area contributed by atoms with Gasteiger partial charge in [-0.2, -0.15) is 5.10 Å². The molecule has 1 aliphatic heterocycles. The zero-order valence-electron chi connectivity index (χ0n) is 11.7. The quantitative estimate of drug-likeness (QED) is 0.585. The van der Waals surface area contributed by atoms with Crippen LogP contribution < -0.4 is 10.7 Å². The molecule has 0 aromatic carbocycles. The molecule has 0 aliphatic carbocycles. The maximum absolute atomic E-state index is 11.5. The number of carbonyl (C=O) groups is 1. The van der Waals surface area contributed by atoms with Crippen LogP contribution in [-0.2, 0) is 11.2 Å². The smallest absolute Gasteiger partial charge is 0.321 e. The van der Waals surface area contributed by atoms with Gasteiger partial charge in [-0.1, -0.05) is 6.07 Å². The van der Waals surface area contributed by atoms with E-state index in [0.29, 0.717) is 13.0 Å². The highest BCUT2D eigenvalue weighted by Crippen LogP contribution is 2.08. The minimum absolute atomic E-state index is 0.209. The van der Waals surface area contributed by atoms with Crippen LogP contribution in [0.3, 0.4) is 0 Å². The van der Waals surface area contributed by atoms with Crippen LogP contribution in [0.1, 0.15) is 11.4 Å². The fraction of sp³-hybridized carbons (Fsp3) is 0.286. The molecule has 0 saturated carbocycles. The summed E-state index contributed by atoms with van der Waals surface area (Å²) in [6.45, 7) is 0.526. The number of H-pyrrole nitrogens is 1. The lowest BCUT2D eigenvalue weighted by Gasteiger charge is -2.19. The predicted octanol–water partition coefficient (Wildman–Crippen LogP) is -0.234. The fourth-order valence-electron chi connectivity index (χ4n) is 2.36. The molecule has 0 radical (unpaired) electrons. The predicted molar refractivity (Wildman–Crippen MR) is 79.4 cm³/mol. The zero-order valence-corrected chi connectivity index (χ0v) is 11.7. The fourth-order valence-corrected chi connectivity index (χ4v) is 2.36. The van der Waals surface area contributed by atoms with Gasteiger partial charge in [-0.3, -0.25) is 15.1 Å². The van der Waals surface area contributed by atoms with Gasteiger partial charge in [0.15, 0.2) is 0 Å². The Bertz CT molecular complexity index is 655. The van der Waals surface area contributed by atoms with E-state index in [1.54, 1.807) is 12.4 Å². The second kappa shape index (κ2) is 6.35. The highest BCUT2D eigenvalue weighted by atomic mass is 16.4. The Hall–Kier alpha value is -2.74. The first-order valence-electron chi connectivity index (χ1n) is 6.92. The standard InChI is InChI=1S/C14H16N6O2/c21-14(22)11(5-9-6-15-8-17-9)19-12-7-18-20-13(12)10-3-1-2-4-16-10/h1-4,6,8,11-12,18-19H,5,7H2,(H,15,17)(H,21,22). The van der Waals surface area contributed by atoms with E-state index in [0.717, 1.165) is 17.1 Å². The summed E-state index contributed by atoms with van der Waals surface area (Å²) >= 11 is 0. The normalized spacial score (nSPS) is 18.5. The molecule has 3 rings (SSSR count). The number of pyridine rings is 1. The lowest BCUT2D eigenvalue weighted by molar-refractivity contribution is -0.139. The van der Waals surface area contributed by atoms with E-state index < -0.39 is 12.0 Å². The van der Waals surface area contributed by atoms with Gasteiger partial charge < -0.3 is 15.5 Å². The molecule has 2 aromatic rings. The molecule has 2 unspecified atom stereocenters. The molecular weight excluding hydrogens is 284 g/mol. The molecular formula is C14H16N6O2. The van der Waals surface area contributed by atoms with Gasteiger partial charge in [0.05, 0.1) is 24.6 Å². The van der Waals surface area contributed by atoms with Gasteiger partial charge in [-0.25, -0.2) is 4.98 Å². The number of carboxylic acids is 1. The summed E-state index contributed by atoms with van der Waals surface area (Å²) in [4.78, 5) is 22.6. The van der Waals surface area contributed by atoms with Crippen LogP contribution >= 0.6 is 0 Å². The molecule has 2 aromatic heterocycles. The van der Waals surface area contributed by atoms with Crippen LogP contribution in [0.15, 0.2) is 42.0 Å². The molecule has 0 saturated heterocycles. The average molecular weight is 300 g/mol. The van der Waals surface area contributed by atoms with Crippen molar-refractivity contribution in [2.45, 2.75) is 18.5 Å². The van der Waals surface area contributed by atoms with Gasteiger partial charge in [-0.15, -0.1) is 0 Å². The summed E-state index contributed by atoms with van der Waals surface area (Å²) in [5, 5.41) is 16.8. The van der Waals surface area contributed by atoms with Gasteiger partial charge in [0.1, 0.15) is 11.8 Å².